The monoisotopic (exact) mass is 312 g/mol. The second-order valence-corrected chi connectivity index (χ2v) is 7.87. The largest absolute Gasteiger partial charge is 0.444 e. The van der Waals surface area contributed by atoms with Crippen molar-refractivity contribution in [3.05, 3.63) is 0 Å². The maximum Gasteiger partial charge on any atom is 0.410 e. The van der Waals surface area contributed by atoms with Crippen molar-refractivity contribution in [2.24, 2.45) is 5.92 Å². The summed E-state index contributed by atoms with van der Waals surface area (Å²) in [6.07, 6.45) is 4.40. The molecule has 2 fully saturated rings. The third-order valence-electron chi connectivity index (χ3n) is 4.87. The van der Waals surface area contributed by atoms with E-state index in [0.717, 1.165) is 32.5 Å². The Bertz CT molecular complexity index is 373. The molecular weight excluding hydrogens is 280 g/mol. The fourth-order valence-corrected chi connectivity index (χ4v) is 3.67. The molecule has 0 radical (unpaired) electrons. The summed E-state index contributed by atoms with van der Waals surface area (Å²) >= 11 is 0. The van der Waals surface area contributed by atoms with Crippen molar-refractivity contribution >= 4 is 6.09 Å². The minimum atomic E-state index is -0.430. The smallest absolute Gasteiger partial charge is 0.410 e. The van der Waals surface area contributed by atoms with E-state index in [2.05, 4.69) is 11.8 Å². The first-order valence-electron chi connectivity index (χ1n) is 8.64. The first-order chi connectivity index (χ1) is 10.3. The first-order valence-corrected chi connectivity index (χ1v) is 8.64. The van der Waals surface area contributed by atoms with Gasteiger partial charge in [-0.3, -0.25) is 4.90 Å². The highest BCUT2D eigenvalue weighted by Gasteiger charge is 2.34. The minimum Gasteiger partial charge on any atom is -0.444 e. The summed E-state index contributed by atoms with van der Waals surface area (Å²) in [4.78, 5) is 16.6. The average molecular weight is 312 g/mol. The summed E-state index contributed by atoms with van der Waals surface area (Å²) in [6, 6.07) is 0.982. The Morgan fingerprint density at radius 2 is 1.82 bits per heavy atom. The molecule has 1 saturated carbocycles. The number of ether oxygens (including phenoxy) is 1. The molecule has 1 heterocycles. The van der Waals surface area contributed by atoms with Gasteiger partial charge < -0.3 is 14.7 Å². The van der Waals surface area contributed by atoms with Crippen LogP contribution in [0.4, 0.5) is 4.79 Å². The third-order valence-corrected chi connectivity index (χ3v) is 4.87. The van der Waals surface area contributed by atoms with Crippen LogP contribution in [0.5, 0.6) is 0 Å². The van der Waals surface area contributed by atoms with E-state index in [1.54, 1.807) is 0 Å². The summed E-state index contributed by atoms with van der Waals surface area (Å²) < 4.78 is 5.48. The van der Waals surface area contributed by atoms with E-state index in [1.165, 1.54) is 12.8 Å². The summed E-state index contributed by atoms with van der Waals surface area (Å²) in [5.41, 5.74) is -0.430. The van der Waals surface area contributed by atoms with E-state index < -0.39 is 5.60 Å². The predicted octanol–water partition coefficient (Wildman–Crippen LogP) is 2.48. The SMILES string of the molecule is CC1CN(C(=O)OC(C)(C)C)CCN1C1CCC(CO)CC1. The van der Waals surface area contributed by atoms with Crippen molar-refractivity contribution < 1.29 is 14.6 Å². The van der Waals surface area contributed by atoms with Crippen LogP contribution < -0.4 is 0 Å². The van der Waals surface area contributed by atoms with Gasteiger partial charge in [-0.25, -0.2) is 4.79 Å². The van der Waals surface area contributed by atoms with E-state index in [1.807, 2.05) is 25.7 Å². The van der Waals surface area contributed by atoms with Gasteiger partial charge in [0.2, 0.25) is 0 Å². The second kappa shape index (κ2) is 7.18. The zero-order valence-electron chi connectivity index (χ0n) is 14.5. The predicted molar refractivity (Wildman–Crippen MR) is 86.8 cm³/mol. The molecule has 0 spiro atoms. The van der Waals surface area contributed by atoms with Crippen LogP contribution in [0.15, 0.2) is 0 Å². The van der Waals surface area contributed by atoms with Crippen LogP contribution in [0, 0.1) is 5.92 Å². The molecule has 1 unspecified atom stereocenters. The lowest BCUT2D eigenvalue weighted by Crippen LogP contribution is -2.57. The topological polar surface area (TPSA) is 53.0 Å². The molecule has 1 amide bonds. The molecule has 0 aromatic heterocycles. The molecule has 0 aromatic carbocycles. The molecule has 1 N–H and O–H groups in total. The van der Waals surface area contributed by atoms with Gasteiger partial charge in [0.15, 0.2) is 0 Å². The Morgan fingerprint density at radius 1 is 1.18 bits per heavy atom. The Kier molecular flexibility index (Phi) is 5.72. The Hall–Kier alpha value is -0.810. The zero-order valence-corrected chi connectivity index (χ0v) is 14.5. The summed E-state index contributed by atoms with van der Waals surface area (Å²) in [5.74, 6) is 0.495. The van der Waals surface area contributed by atoms with Crippen molar-refractivity contribution in [2.75, 3.05) is 26.2 Å². The van der Waals surface area contributed by atoms with E-state index in [-0.39, 0.29) is 6.09 Å². The van der Waals surface area contributed by atoms with Gasteiger partial charge in [-0.05, 0) is 59.3 Å². The molecule has 128 valence electrons. The summed E-state index contributed by atoms with van der Waals surface area (Å²) in [5, 5.41) is 9.26. The zero-order chi connectivity index (χ0) is 16.3. The molecule has 2 aliphatic rings. The van der Waals surface area contributed by atoms with Gasteiger partial charge >= 0.3 is 6.09 Å². The number of aliphatic hydroxyl groups excluding tert-OH is 1. The molecule has 5 heteroatoms. The van der Waals surface area contributed by atoms with Crippen LogP contribution in [-0.4, -0.2) is 64.9 Å². The molecule has 22 heavy (non-hydrogen) atoms. The molecule has 1 aliphatic heterocycles. The van der Waals surface area contributed by atoms with Crippen LogP contribution in [0.1, 0.15) is 53.4 Å². The number of aliphatic hydroxyl groups is 1. The lowest BCUT2D eigenvalue weighted by atomic mass is 9.85. The van der Waals surface area contributed by atoms with Gasteiger partial charge in [-0.1, -0.05) is 0 Å². The first kappa shape index (κ1) is 17.5. The Balaban J connectivity index is 1.84. The third kappa shape index (κ3) is 4.59. The summed E-state index contributed by atoms with van der Waals surface area (Å²) in [6.45, 7) is 10.7. The highest BCUT2D eigenvalue weighted by Crippen LogP contribution is 2.29. The normalized spacial score (nSPS) is 31.1. The fraction of sp³-hybridized carbons (Fsp3) is 0.941. The highest BCUT2D eigenvalue weighted by molar-refractivity contribution is 5.68. The highest BCUT2D eigenvalue weighted by atomic mass is 16.6. The molecule has 1 atom stereocenters. The van der Waals surface area contributed by atoms with Gasteiger partial charge in [0, 0.05) is 38.3 Å². The van der Waals surface area contributed by atoms with Crippen LogP contribution in [0.3, 0.4) is 0 Å². The molecule has 5 nitrogen and oxygen atoms in total. The van der Waals surface area contributed by atoms with Gasteiger partial charge in [-0.2, -0.15) is 0 Å². The van der Waals surface area contributed by atoms with Crippen molar-refractivity contribution in [3.8, 4) is 0 Å². The molecule has 1 aliphatic carbocycles. The van der Waals surface area contributed by atoms with Gasteiger partial charge in [-0.15, -0.1) is 0 Å². The van der Waals surface area contributed by atoms with E-state index in [9.17, 15) is 9.90 Å². The van der Waals surface area contributed by atoms with Gasteiger partial charge in [0.05, 0.1) is 0 Å². The maximum absolute atomic E-state index is 12.2. The number of nitrogens with zero attached hydrogens (tertiary/aromatic N) is 2. The molecule has 0 bridgehead atoms. The van der Waals surface area contributed by atoms with Crippen LogP contribution in [-0.2, 0) is 4.74 Å². The maximum atomic E-state index is 12.2. The van der Waals surface area contributed by atoms with Crippen LogP contribution in [0.2, 0.25) is 0 Å². The van der Waals surface area contributed by atoms with Crippen LogP contribution in [0.25, 0.3) is 0 Å². The van der Waals surface area contributed by atoms with E-state index in [4.69, 9.17) is 4.74 Å². The Labute approximate surface area is 134 Å². The number of rotatable bonds is 2. The molecular formula is C17H32N2O3. The van der Waals surface area contributed by atoms with Gasteiger partial charge in [0.1, 0.15) is 5.60 Å². The molecule has 1 saturated heterocycles. The average Bonchev–Trinajstić information content (AvgIpc) is 2.45. The second-order valence-electron chi connectivity index (χ2n) is 7.87. The number of hydrogen-bond acceptors (Lipinski definition) is 4. The number of carbonyl (C=O) groups is 1. The van der Waals surface area contributed by atoms with Crippen molar-refractivity contribution in [1.29, 1.82) is 0 Å². The minimum absolute atomic E-state index is 0.192. The molecule has 0 aromatic rings. The Morgan fingerprint density at radius 3 is 2.32 bits per heavy atom. The van der Waals surface area contributed by atoms with Crippen LogP contribution >= 0.6 is 0 Å². The number of amides is 1. The number of hydrogen-bond donors (Lipinski definition) is 1. The van der Waals surface area contributed by atoms with Crippen molar-refractivity contribution in [1.82, 2.24) is 9.80 Å². The standard InChI is InChI=1S/C17H32N2O3/c1-13-11-18(16(21)22-17(2,3)4)9-10-19(13)15-7-5-14(12-20)6-8-15/h13-15,20H,5-12H2,1-4H3. The fourth-order valence-electron chi connectivity index (χ4n) is 3.67. The lowest BCUT2D eigenvalue weighted by molar-refractivity contribution is -0.00865. The number of piperazine rings is 1. The van der Waals surface area contributed by atoms with Gasteiger partial charge in [0.25, 0.3) is 0 Å². The van der Waals surface area contributed by atoms with E-state index in [0.29, 0.717) is 24.6 Å². The quantitative estimate of drug-likeness (QED) is 0.851. The van der Waals surface area contributed by atoms with Crippen molar-refractivity contribution in [2.45, 2.75) is 71.1 Å². The van der Waals surface area contributed by atoms with E-state index >= 15 is 0 Å². The number of carbonyl (C=O) groups excluding carboxylic acids is 1. The molecule has 2 rings (SSSR count). The summed E-state index contributed by atoms with van der Waals surface area (Å²) in [7, 11) is 0. The van der Waals surface area contributed by atoms with Crippen molar-refractivity contribution in [3.63, 3.8) is 0 Å². The lowest BCUT2D eigenvalue weighted by Gasteiger charge is -2.45.